The van der Waals surface area contributed by atoms with E-state index in [2.05, 4.69) is 22.2 Å². The van der Waals surface area contributed by atoms with Gasteiger partial charge in [-0.1, -0.05) is 18.6 Å². The van der Waals surface area contributed by atoms with E-state index in [1.807, 2.05) is 6.07 Å². The predicted octanol–water partition coefficient (Wildman–Crippen LogP) is 3.85. The molecular weight excluding hydrogens is 427 g/mol. The zero-order valence-electron chi connectivity index (χ0n) is 17.2. The summed E-state index contributed by atoms with van der Waals surface area (Å²) < 4.78 is 45.3. The lowest BCUT2D eigenvalue weighted by Crippen LogP contribution is -2.35. The van der Waals surface area contributed by atoms with E-state index in [1.165, 1.54) is 23.3 Å². The van der Waals surface area contributed by atoms with Crippen molar-refractivity contribution in [2.24, 2.45) is 0 Å². The van der Waals surface area contributed by atoms with Gasteiger partial charge in [-0.2, -0.15) is 0 Å². The molecule has 0 bridgehead atoms. The highest BCUT2D eigenvalue weighted by Gasteiger charge is 2.20. The van der Waals surface area contributed by atoms with Crippen LogP contribution in [0.25, 0.3) is 0 Å². The van der Waals surface area contributed by atoms with Crippen molar-refractivity contribution in [2.45, 2.75) is 49.5 Å². The van der Waals surface area contributed by atoms with E-state index in [9.17, 15) is 12.8 Å². The standard InChI is InChI=1S/C22H29FN2O3S.ClH/c1-28-22-7-5-6-17-8-11-19(16-21(17)22)24-14-3-2-4-15-25-29(26,27)20-12-9-18(23)10-13-20;/h5-7,9-10,12-13,19,24-25H,2-4,8,11,14-16H2,1H3;1H. The summed E-state index contributed by atoms with van der Waals surface area (Å²) in [5.74, 6) is 0.527. The Morgan fingerprint density at radius 3 is 2.53 bits per heavy atom. The smallest absolute Gasteiger partial charge is 0.240 e. The maximum Gasteiger partial charge on any atom is 0.240 e. The number of aryl methyl sites for hydroxylation is 1. The van der Waals surface area contributed by atoms with E-state index in [-0.39, 0.29) is 17.3 Å². The Balaban J connectivity index is 0.00000320. The SMILES string of the molecule is COc1cccc2c1CC(NCCCCCNS(=O)(=O)c1ccc(F)cc1)CC2.Cl. The highest BCUT2D eigenvalue weighted by Crippen LogP contribution is 2.29. The molecule has 0 aliphatic heterocycles. The van der Waals surface area contributed by atoms with E-state index < -0.39 is 15.8 Å². The van der Waals surface area contributed by atoms with Crippen molar-refractivity contribution < 1.29 is 17.5 Å². The lowest BCUT2D eigenvalue weighted by atomic mass is 9.87. The van der Waals surface area contributed by atoms with E-state index >= 15 is 0 Å². The Morgan fingerprint density at radius 2 is 1.80 bits per heavy atom. The van der Waals surface area contributed by atoms with Crippen molar-refractivity contribution in [1.29, 1.82) is 0 Å². The molecule has 30 heavy (non-hydrogen) atoms. The van der Waals surface area contributed by atoms with Crippen molar-refractivity contribution in [1.82, 2.24) is 10.0 Å². The zero-order chi connectivity index (χ0) is 20.7. The van der Waals surface area contributed by atoms with Crippen LogP contribution in [0.15, 0.2) is 47.4 Å². The van der Waals surface area contributed by atoms with Crippen LogP contribution in [0.3, 0.4) is 0 Å². The van der Waals surface area contributed by atoms with Crippen LogP contribution < -0.4 is 14.8 Å². The number of hydrogen-bond donors (Lipinski definition) is 2. The third-order valence-corrected chi connectivity index (χ3v) is 6.84. The molecule has 0 amide bonds. The normalized spacial score (nSPS) is 15.9. The minimum Gasteiger partial charge on any atom is -0.496 e. The summed E-state index contributed by atoms with van der Waals surface area (Å²) in [5.41, 5.74) is 2.70. The number of fused-ring (bicyclic) bond motifs is 1. The van der Waals surface area contributed by atoms with Crippen LogP contribution in [0.1, 0.15) is 36.8 Å². The van der Waals surface area contributed by atoms with E-state index in [0.717, 1.165) is 63.0 Å². The number of hydrogen-bond acceptors (Lipinski definition) is 4. The molecule has 2 N–H and O–H groups in total. The van der Waals surface area contributed by atoms with Crippen LogP contribution in [0.4, 0.5) is 4.39 Å². The Morgan fingerprint density at radius 1 is 1.07 bits per heavy atom. The molecule has 0 fully saturated rings. The topological polar surface area (TPSA) is 67.4 Å². The summed E-state index contributed by atoms with van der Waals surface area (Å²) in [7, 11) is -1.85. The van der Waals surface area contributed by atoms with Crippen LogP contribution in [0.2, 0.25) is 0 Å². The van der Waals surface area contributed by atoms with Crippen LogP contribution in [-0.4, -0.2) is 34.7 Å². The molecule has 0 saturated carbocycles. The molecule has 0 radical (unpaired) electrons. The Bertz CT molecular complexity index is 893. The maximum atomic E-state index is 12.9. The first-order valence-electron chi connectivity index (χ1n) is 10.1. The number of nitrogens with one attached hydrogen (secondary N) is 2. The molecule has 0 spiro atoms. The van der Waals surface area contributed by atoms with Crippen LogP contribution in [0, 0.1) is 5.82 Å². The number of ether oxygens (including phenoxy) is 1. The van der Waals surface area contributed by atoms with Gasteiger partial charge in [0.1, 0.15) is 11.6 Å². The molecule has 8 heteroatoms. The van der Waals surface area contributed by atoms with Gasteiger partial charge in [0.05, 0.1) is 12.0 Å². The third kappa shape index (κ3) is 6.67. The second-order valence-electron chi connectivity index (χ2n) is 7.40. The van der Waals surface area contributed by atoms with Gasteiger partial charge in [-0.15, -0.1) is 12.4 Å². The molecule has 166 valence electrons. The molecular formula is C22H30ClFN2O3S. The molecule has 0 heterocycles. The lowest BCUT2D eigenvalue weighted by molar-refractivity contribution is 0.393. The quantitative estimate of drug-likeness (QED) is 0.533. The maximum absolute atomic E-state index is 12.9. The Kier molecular flexibility index (Phi) is 9.55. The largest absolute Gasteiger partial charge is 0.496 e. The van der Waals surface area contributed by atoms with Gasteiger partial charge in [0.2, 0.25) is 10.0 Å². The summed E-state index contributed by atoms with van der Waals surface area (Å²) in [5, 5.41) is 3.62. The van der Waals surface area contributed by atoms with Gasteiger partial charge in [0.25, 0.3) is 0 Å². The highest BCUT2D eigenvalue weighted by atomic mass is 35.5. The highest BCUT2D eigenvalue weighted by molar-refractivity contribution is 7.89. The first-order chi connectivity index (χ1) is 14.0. The fourth-order valence-corrected chi connectivity index (χ4v) is 4.83. The van der Waals surface area contributed by atoms with E-state index in [0.29, 0.717) is 12.6 Å². The minimum absolute atomic E-state index is 0. The van der Waals surface area contributed by atoms with Gasteiger partial charge >= 0.3 is 0 Å². The molecule has 2 aromatic rings. The Hall–Kier alpha value is -1.67. The number of methoxy groups -OCH3 is 1. The molecule has 5 nitrogen and oxygen atoms in total. The van der Waals surface area contributed by atoms with Crippen molar-refractivity contribution in [3.63, 3.8) is 0 Å². The fraction of sp³-hybridized carbons (Fsp3) is 0.455. The summed E-state index contributed by atoms with van der Waals surface area (Å²) in [6.45, 7) is 1.30. The zero-order valence-corrected chi connectivity index (χ0v) is 18.8. The molecule has 1 aliphatic rings. The fourth-order valence-electron chi connectivity index (χ4n) is 3.76. The van der Waals surface area contributed by atoms with Crippen molar-refractivity contribution in [3.8, 4) is 5.75 Å². The number of halogens is 2. The van der Waals surface area contributed by atoms with Crippen LogP contribution in [-0.2, 0) is 22.9 Å². The van der Waals surface area contributed by atoms with Gasteiger partial charge in [0, 0.05) is 12.6 Å². The van der Waals surface area contributed by atoms with Gasteiger partial charge in [0.15, 0.2) is 0 Å². The van der Waals surface area contributed by atoms with Crippen molar-refractivity contribution >= 4 is 22.4 Å². The van der Waals surface area contributed by atoms with Crippen molar-refractivity contribution in [3.05, 3.63) is 59.4 Å². The van der Waals surface area contributed by atoms with Gasteiger partial charge < -0.3 is 10.1 Å². The molecule has 1 atom stereocenters. The molecule has 2 aromatic carbocycles. The van der Waals surface area contributed by atoms with E-state index in [1.54, 1.807) is 7.11 Å². The second-order valence-corrected chi connectivity index (χ2v) is 9.17. The predicted molar refractivity (Wildman–Crippen MR) is 119 cm³/mol. The van der Waals surface area contributed by atoms with Crippen molar-refractivity contribution in [2.75, 3.05) is 20.2 Å². The van der Waals surface area contributed by atoms with E-state index in [4.69, 9.17) is 4.74 Å². The molecule has 1 aliphatic carbocycles. The summed E-state index contributed by atoms with van der Waals surface area (Å²) in [6, 6.07) is 11.6. The van der Waals surface area contributed by atoms with Gasteiger partial charge in [-0.05, 0) is 80.1 Å². The summed E-state index contributed by atoms with van der Waals surface area (Å²) in [6.07, 6.45) is 5.87. The molecule has 3 rings (SSSR count). The molecule has 0 saturated heterocycles. The van der Waals surface area contributed by atoms with Gasteiger partial charge in [-0.3, -0.25) is 0 Å². The van der Waals surface area contributed by atoms with Crippen LogP contribution >= 0.6 is 12.4 Å². The minimum atomic E-state index is -3.57. The van der Waals surface area contributed by atoms with Gasteiger partial charge in [-0.25, -0.2) is 17.5 Å². The first-order valence-corrected chi connectivity index (χ1v) is 11.6. The van der Waals surface area contributed by atoms with Crippen LogP contribution in [0.5, 0.6) is 5.75 Å². The summed E-state index contributed by atoms with van der Waals surface area (Å²) in [4.78, 5) is 0.0913. The second kappa shape index (κ2) is 11.6. The average molecular weight is 457 g/mol. The number of unbranched alkanes of at least 4 members (excludes halogenated alkanes) is 2. The first kappa shape index (κ1) is 24.6. The monoisotopic (exact) mass is 456 g/mol. The third-order valence-electron chi connectivity index (χ3n) is 5.37. The number of rotatable bonds is 10. The lowest BCUT2D eigenvalue weighted by Gasteiger charge is -2.27. The molecule has 0 aromatic heterocycles. The molecule has 1 unspecified atom stereocenters. The number of benzene rings is 2. The average Bonchev–Trinajstić information content (AvgIpc) is 2.72. The summed E-state index contributed by atoms with van der Waals surface area (Å²) >= 11 is 0. The number of sulfonamides is 1. The Labute approximate surface area is 184 Å².